The Kier molecular flexibility index (Phi) is 5.49. The lowest BCUT2D eigenvalue weighted by atomic mass is 10.1. The number of benzene rings is 2. The van der Waals surface area contributed by atoms with E-state index in [2.05, 4.69) is 5.32 Å². The normalized spacial score (nSPS) is 10.7. The number of aryl methyl sites for hydroxylation is 1. The number of amides is 1. The van der Waals surface area contributed by atoms with Crippen molar-refractivity contribution in [1.29, 1.82) is 0 Å². The molecular weight excluding hydrogens is 316 g/mol. The van der Waals surface area contributed by atoms with E-state index in [4.69, 9.17) is 11.6 Å². The molecule has 0 atom stereocenters. The number of carbonyl (C=O) groups excluding carboxylic acids is 1. The Morgan fingerprint density at radius 3 is 2.74 bits per heavy atom. The van der Waals surface area contributed by atoms with E-state index in [9.17, 15) is 14.9 Å². The summed E-state index contributed by atoms with van der Waals surface area (Å²) in [4.78, 5) is 22.3. The fourth-order valence-corrected chi connectivity index (χ4v) is 2.26. The molecule has 0 aliphatic heterocycles. The minimum Gasteiger partial charge on any atom is -0.322 e. The molecule has 0 aromatic heterocycles. The first-order chi connectivity index (χ1) is 11.0. The Morgan fingerprint density at radius 2 is 2.04 bits per heavy atom. The van der Waals surface area contributed by atoms with Crippen molar-refractivity contribution in [2.24, 2.45) is 0 Å². The third-order valence-electron chi connectivity index (χ3n) is 3.25. The monoisotopic (exact) mass is 330 g/mol. The van der Waals surface area contributed by atoms with Gasteiger partial charge in [-0.15, -0.1) is 0 Å². The highest BCUT2D eigenvalue weighted by Gasteiger charge is 2.11. The Balaban J connectivity index is 2.12. The largest absolute Gasteiger partial charge is 0.322 e. The highest BCUT2D eigenvalue weighted by molar-refractivity contribution is 6.32. The zero-order valence-corrected chi connectivity index (χ0v) is 13.2. The van der Waals surface area contributed by atoms with Crippen LogP contribution in [-0.4, -0.2) is 10.8 Å². The summed E-state index contributed by atoms with van der Waals surface area (Å²) in [6.45, 7) is 2.01. The van der Waals surface area contributed by atoms with Crippen LogP contribution < -0.4 is 5.32 Å². The van der Waals surface area contributed by atoms with Gasteiger partial charge >= 0.3 is 0 Å². The standard InChI is InChI=1S/C17H15ClN2O3/c1-2-13-5-3-4-6-15(13)19-17(21)10-8-12-7-9-14(18)16(11-12)20(22)23/h3-11H,2H2,1H3,(H,19,21)/b10-8+. The summed E-state index contributed by atoms with van der Waals surface area (Å²) in [7, 11) is 0. The lowest BCUT2D eigenvalue weighted by Gasteiger charge is -2.07. The second-order valence-corrected chi connectivity index (χ2v) is 5.21. The molecule has 0 spiro atoms. The van der Waals surface area contributed by atoms with E-state index in [0.717, 1.165) is 17.7 Å². The van der Waals surface area contributed by atoms with E-state index in [1.807, 2.05) is 31.2 Å². The number of para-hydroxylation sites is 1. The van der Waals surface area contributed by atoms with Crippen molar-refractivity contribution in [2.45, 2.75) is 13.3 Å². The van der Waals surface area contributed by atoms with Gasteiger partial charge in [-0.3, -0.25) is 14.9 Å². The molecule has 0 aliphatic rings. The van der Waals surface area contributed by atoms with Crippen molar-refractivity contribution < 1.29 is 9.72 Å². The molecule has 0 unspecified atom stereocenters. The van der Waals surface area contributed by atoms with E-state index in [1.54, 1.807) is 6.07 Å². The van der Waals surface area contributed by atoms with Crippen LogP contribution in [0.25, 0.3) is 6.08 Å². The van der Waals surface area contributed by atoms with Crippen LogP contribution >= 0.6 is 11.6 Å². The van der Waals surface area contributed by atoms with Gasteiger partial charge in [0.25, 0.3) is 5.69 Å². The number of carbonyl (C=O) groups is 1. The molecule has 0 bridgehead atoms. The third-order valence-corrected chi connectivity index (χ3v) is 3.57. The Labute approximate surface area is 138 Å². The van der Waals surface area contributed by atoms with Gasteiger partial charge in [-0.25, -0.2) is 0 Å². The Bertz CT molecular complexity index is 772. The first kappa shape index (κ1) is 16.7. The molecule has 0 aliphatic carbocycles. The van der Waals surface area contributed by atoms with E-state index < -0.39 is 4.92 Å². The summed E-state index contributed by atoms with van der Waals surface area (Å²) >= 11 is 5.75. The fraction of sp³-hybridized carbons (Fsp3) is 0.118. The quantitative estimate of drug-likeness (QED) is 0.499. The predicted octanol–water partition coefficient (Wildman–Crippen LogP) is 4.46. The molecule has 5 nitrogen and oxygen atoms in total. The maximum atomic E-state index is 12.0. The number of halogens is 1. The van der Waals surface area contributed by atoms with Gasteiger partial charge < -0.3 is 5.32 Å². The number of nitrogens with one attached hydrogen (secondary N) is 1. The van der Waals surface area contributed by atoms with Gasteiger partial charge in [0.2, 0.25) is 5.91 Å². The van der Waals surface area contributed by atoms with Crippen LogP contribution in [-0.2, 0) is 11.2 Å². The second kappa shape index (κ2) is 7.56. The van der Waals surface area contributed by atoms with Crippen molar-refractivity contribution in [3.05, 3.63) is 74.8 Å². The number of nitrogens with zero attached hydrogens (tertiary/aromatic N) is 1. The van der Waals surface area contributed by atoms with Crippen molar-refractivity contribution >= 4 is 35.0 Å². The highest BCUT2D eigenvalue weighted by Crippen LogP contribution is 2.25. The summed E-state index contributed by atoms with van der Waals surface area (Å²) in [5.74, 6) is -0.302. The highest BCUT2D eigenvalue weighted by atomic mass is 35.5. The lowest BCUT2D eigenvalue weighted by Crippen LogP contribution is -2.09. The van der Waals surface area contributed by atoms with Gasteiger partial charge in [0, 0.05) is 17.8 Å². The smallest absolute Gasteiger partial charge is 0.288 e. The van der Waals surface area contributed by atoms with Gasteiger partial charge in [0.05, 0.1) is 4.92 Å². The zero-order valence-electron chi connectivity index (χ0n) is 12.5. The molecule has 1 N–H and O–H groups in total. The van der Waals surface area contributed by atoms with Gasteiger partial charge in [-0.1, -0.05) is 42.8 Å². The van der Waals surface area contributed by atoms with Crippen molar-refractivity contribution in [2.75, 3.05) is 5.32 Å². The third kappa shape index (κ3) is 4.40. The number of nitro benzene ring substituents is 1. The van der Waals surface area contributed by atoms with Crippen LogP contribution in [0.15, 0.2) is 48.5 Å². The topological polar surface area (TPSA) is 72.2 Å². The van der Waals surface area contributed by atoms with Gasteiger partial charge in [-0.05, 0) is 35.8 Å². The molecule has 0 saturated carbocycles. The molecule has 1 amide bonds. The zero-order chi connectivity index (χ0) is 16.8. The molecule has 2 aromatic rings. The minimum absolute atomic E-state index is 0.0634. The molecule has 0 saturated heterocycles. The Hall–Kier alpha value is -2.66. The summed E-state index contributed by atoms with van der Waals surface area (Å²) in [6, 6.07) is 11.9. The fourth-order valence-electron chi connectivity index (χ4n) is 2.07. The van der Waals surface area contributed by atoms with Crippen LogP contribution in [0.5, 0.6) is 0 Å². The second-order valence-electron chi connectivity index (χ2n) is 4.80. The van der Waals surface area contributed by atoms with E-state index in [0.29, 0.717) is 5.56 Å². The molecule has 6 heteroatoms. The van der Waals surface area contributed by atoms with Crippen LogP contribution in [0.1, 0.15) is 18.1 Å². The summed E-state index contributed by atoms with van der Waals surface area (Å²) in [5, 5.41) is 13.7. The number of rotatable bonds is 5. The lowest BCUT2D eigenvalue weighted by molar-refractivity contribution is -0.384. The Morgan fingerprint density at radius 1 is 1.30 bits per heavy atom. The van der Waals surface area contributed by atoms with Crippen molar-refractivity contribution in [3.8, 4) is 0 Å². The summed E-state index contributed by atoms with van der Waals surface area (Å²) in [6.07, 6.45) is 3.65. The molecule has 2 rings (SSSR count). The summed E-state index contributed by atoms with van der Waals surface area (Å²) in [5.41, 5.74) is 2.13. The van der Waals surface area contributed by atoms with Gasteiger partial charge in [0.1, 0.15) is 5.02 Å². The minimum atomic E-state index is -0.558. The summed E-state index contributed by atoms with van der Waals surface area (Å²) < 4.78 is 0. The molecule has 0 radical (unpaired) electrons. The number of hydrogen-bond acceptors (Lipinski definition) is 3. The maximum absolute atomic E-state index is 12.0. The number of anilines is 1. The van der Waals surface area contributed by atoms with E-state index in [1.165, 1.54) is 24.3 Å². The molecule has 23 heavy (non-hydrogen) atoms. The van der Waals surface area contributed by atoms with E-state index >= 15 is 0 Å². The van der Waals surface area contributed by atoms with Crippen LogP contribution in [0.2, 0.25) is 5.02 Å². The van der Waals surface area contributed by atoms with Crippen LogP contribution in [0.4, 0.5) is 11.4 Å². The predicted molar refractivity (Wildman–Crippen MR) is 91.6 cm³/mol. The van der Waals surface area contributed by atoms with Gasteiger partial charge in [0.15, 0.2) is 0 Å². The van der Waals surface area contributed by atoms with Crippen LogP contribution in [0.3, 0.4) is 0 Å². The first-order valence-corrected chi connectivity index (χ1v) is 7.40. The number of nitro groups is 1. The maximum Gasteiger partial charge on any atom is 0.288 e. The van der Waals surface area contributed by atoms with Crippen molar-refractivity contribution in [3.63, 3.8) is 0 Å². The average molecular weight is 331 g/mol. The molecular formula is C17H15ClN2O3. The van der Waals surface area contributed by atoms with Gasteiger partial charge in [-0.2, -0.15) is 0 Å². The first-order valence-electron chi connectivity index (χ1n) is 7.02. The van der Waals surface area contributed by atoms with Crippen molar-refractivity contribution in [1.82, 2.24) is 0 Å². The molecule has 2 aromatic carbocycles. The number of hydrogen-bond donors (Lipinski definition) is 1. The van der Waals surface area contributed by atoms with E-state index in [-0.39, 0.29) is 16.6 Å². The average Bonchev–Trinajstić information content (AvgIpc) is 2.54. The molecule has 0 fully saturated rings. The SMILES string of the molecule is CCc1ccccc1NC(=O)/C=C/c1ccc(Cl)c([N+](=O)[O-])c1. The molecule has 0 heterocycles. The molecule has 118 valence electrons. The van der Waals surface area contributed by atoms with Crippen LogP contribution in [0, 0.1) is 10.1 Å².